The quantitative estimate of drug-likeness (QED) is 0.610. The van der Waals surface area contributed by atoms with Gasteiger partial charge in [-0.15, -0.1) is 0 Å². The van der Waals surface area contributed by atoms with Crippen LogP contribution in [0.1, 0.15) is 5.56 Å². The monoisotopic (exact) mass is 354 g/mol. The number of nitrogens with two attached hydrogens (primary N) is 1. The first-order chi connectivity index (χ1) is 12.1. The van der Waals surface area contributed by atoms with Gasteiger partial charge in [-0.05, 0) is 18.2 Å². The molecule has 0 unspecified atom stereocenters. The molecular formula is C17H12ClFN6. The first-order valence-corrected chi connectivity index (χ1v) is 7.84. The summed E-state index contributed by atoms with van der Waals surface area (Å²) in [6.45, 7) is 0.247. The molecule has 0 spiro atoms. The third-order valence-electron chi connectivity index (χ3n) is 3.78. The van der Waals surface area contributed by atoms with Crippen molar-refractivity contribution in [3.8, 4) is 11.4 Å². The predicted molar refractivity (Wildman–Crippen MR) is 93.5 cm³/mol. The Hall–Kier alpha value is -3.06. The summed E-state index contributed by atoms with van der Waals surface area (Å²) in [5, 5.41) is 5.46. The second-order valence-corrected chi connectivity index (χ2v) is 5.76. The molecule has 0 radical (unpaired) electrons. The van der Waals surface area contributed by atoms with Crippen LogP contribution in [0.5, 0.6) is 0 Å². The van der Waals surface area contributed by atoms with Crippen molar-refractivity contribution in [3.63, 3.8) is 0 Å². The Labute approximate surface area is 147 Å². The Morgan fingerprint density at radius 2 is 1.96 bits per heavy atom. The van der Waals surface area contributed by atoms with Crippen LogP contribution in [-0.2, 0) is 6.54 Å². The minimum atomic E-state index is -0.292. The van der Waals surface area contributed by atoms with Crippen molar-refractivity contribution in [3.05, 3.63) is 65.3 Å². The number of fused-ring (bicyclic) bond motifs is 1. The maximum absolute atomic E-state index is 14.0. The minimum absolute atomic E-state index is 0.125. The fourth-order valence-electron chi connectivity index (χ4n) is 2.60. The predicted octanol–water partition coefficient (Wildman–Crippen LogP) is 3.31. The maximum atomic E-state index is 14.0. The van der Waals surface area contributed by atoms with Crippen LogP contribution in [-0.4, -0.2) is 24.7 Å². The number of hydrogen-bond acceptors (Lipinski definition) is 5. The van der Waals surface area contributed by atoms with E-state index in [1.807, 2.05) is 6.07 Å². The van der Waals surface area contributed by atoms with Gasteiger partial charge in [-0.2, -0.15) is 5.10 Å². The van der Waals surface area contributed by atoms with Crippen molar-refractivity contribution in [2.24, 2.45) is 0 Å². The molecule has 0 fully saturated rings. The van der Waals surface area contributed by atoms with Gasteiger partial charge in [-0.1, -0.05) is 29.8 Å². The molecule has 4 aromatic rings. The van der Waals surface area contributed by atoms with Gasteiger partial charge in [-0.3, -0.25) is 0 Å². The van der Waals surface area contributed by atoms with Crippen LogP contribution in [0.25, 0.3) is 22.4 Å². The highest BCUT2D eigenvalue weighted by Crippen LogP contribution is 2.27. The van der Waals surface area contributed by atoms with Gasteiger partial charge in [0, 0.05) is 17.1 Å². The minimum Gasteiger partial charge on any atom is -0.381 e. The zero-order valence-corrected chi connectivity index (χ0v) is 13.7. The molecule has 2 N–H and O–H groups in total. The fraction of sp³-hybridized carbons (Fsp3) is 0.0588. The number of hydrogen-bond donors (Lipinski definition) is 1. The van der Waals surface area contributed by atoms with Crippen LogP contribution in [0.3, 0.4) is 0 Å². The van der Waals surface area contributed by atoms with Crippen molar-refractivity contribution in [2.75, 3.05) is 5.73 Å². The molecule has 0 amide bonds. The van der Waals surface area contributed by atoms with E-state index >= 15 is 0 Å². The topological polar surface area (TPSA) is 82.5 Å². The van der Waals surface area contributed by atoms with Gasteiger partial charge >= 0.3 is 0 Å². The van der Waals surface area contributed by atoms with E-state index in [-0.39, 0.29) is 23.3 Å². The number of anilines is 1. The molecule has 0 aliphatic carbocycles. The van der Waals surface area contributed by atoms with E-state index in [0.717, 1.165) is 5.39 Å². The first kappa shape index (κ1) is 15.5. The molecule has 1 aromatic carbocycles. The summed E-state index contributed by atoms with van der Waals surface area (Å²) in [5.74, 6) is -0.168. The molecule has 124 valence electrons. The number of nitrogens with zero attached hydrogens (tertiary/aromatic N) is 5. The highest BCUT2D eigenvalue weighted by molar-refractivity contribution is 6.31. The molecule has 6 nitrogen and oxygen atoms in total. The SMILES string of the molecule is Nc1nc(-c2nn(Cc3ccccc3F)c3ncccc23)cnc1Cl. The lowest BCUT2D eigenvalue weighted by molar-refractivity contribution is 0.589. The van der Waals surface area contributed by atoms with E-state index < -0.39 is 0 Å². The number of aromatic nitrogens is 5. The normalized spacial score (nSPS) is 11.1. The lowest BCUT2D eigenvalue weighted by atomic mass is 10.2. The maximum Gasteiger partial charge on any atom is 0.171 e. The highest BCUT2D eigenvalue weighted by atomic mass is 35.5. The zero-order valence-electron chi connectivity index (χ0n) is 12.9. The Kier molecular flexibility index (Phi) is 3.77. The van der Waals surface area contributed by atoms with Gasteiger partial charge in [0.2, 0.25) is 0 Å². The van der Waals surface area contributed by atoms with Crippen LogP contribution >= 0.6 is 11.6 Å². The van der Waals surface area contributed by atoms with Crippen LogP contribution in [0.4, 0.5) is 10.2 Å². The summed E-state index contributed by atoms with van der Waals surface area (Å²) in [6.07, 6.45) is 3.16. The van der Waals surface area contributed by atoms with E-state index in [0.29, 0.717) is 22.6 Å². The molecule has 0 atom stereocenters. The van der Waals surface area contributed by atoms with Crippen LogP contribution in [0.2, 0.25) is 5.15 Å². The molecule has 0 saturated carbocycles. The van der Waals surface area contributed by atoms with E-state index in [2.05, 4.69) is 20.1 Å². The third-order valence-corrected chi connectivity index (χ3v) is 4.07. The Bertz CT molecular complexity index is 1080. The smallest absolute Gasteiger partial charge is 0.171 e. The van der Waals surface area contributed by atoms with Crippen LogP contribution in [0, 0.1) is 5.82 Å². The number of rotatable bonds is 3. The van der Waals surface area contributed by atoms with Gasteiger partial charge in [0.25, 0.3) is 0 Å². The largest absolute Gasteiger partial charge is 0.381 e. The lowest BCUT2D eigenvalue weighted by Gasteiger charge is -2.04. The second kappa shape index (κ2) is 6.10. The van der Waals surface area contributed by atoms with E-state index in [1.165, 1.54) is 12.3 Å². The summed E-state index contributed by atoms with van der Waals surface area (Å²) < 4.78 is 15.6. The van der Waals surface area contributed by atoms with Gasteiger partial charge in [0.15, 0.2) is 16.6 Å². The molecule has 0 aliphatic heterocycles. The Morgan fingerprint density at radius 3 is 2.76 bits per heavy atom. The molecule has 3 heterocycles. The molecule has 0 saturated heterocycles. The Morgan fingerprint density at radius 1 is 1.12 bits per heavy atom. The Balaban J connectivity index is 1.87. The first-order valence-electron chi connectivity index (χ1n) is 7.47. The summed E-state index contributed by atoms with van der Waals surface area (Å²) in [7, 11) is 0. The fourth-order valence-corrected chi connectivity index (χ4v) is 2.69. The second-order valence-electron chi connectivity index (χ2n) is 5.40. The summed E-state index contributed by atoms with van der Waals surface area (Å²) in [4.78, 5) is 12.6. The lowest BCUT2D eigenvalue weighted by Crippen LogP contribution is -2.04. The number of benzene rings is 1. The highest BCUT2D eigenvalue weighted by Gasteiger charge is 2.16. The van der Waals surface area contributed by atoms with Gasteiger partial charge in [0.1, 0.15) is 17.2 Å². The van der Waals surface area contributed by atoms with Crippen molar-refractivity contribution in [2.45, 2.75) is 6.54 Å². The van der Waals surface area contributed by atoms with E-state index in [4.69, 9.17) is 17.3 Å². The van der Waals surface area contributed by atoms with Crippen LogP contribution in [0.15, 0.2) is 48.8 Å². The standard InChI is InChI=1S/C17H12ClFN6/c18-15-16(20)23-13(8-22-15)14-11-5-3-7-21-17(11)25(24-14)9-10-4-1-2-6-12(10)19/h1-8H,9H2,(H2,20,23). The summed E-state index contributed by atoms with van der Waals surface area (Å²) >= 11 is 5.84. The average molecular weight is 355 g/mol. The summed E-state index contributed by atoms with van der Waals surface area (Å²) in [6, 6.07) is 10.2. The molecule has 0 aliphatic rings. The van der Waals surface area contributed by atoms with Crippen molar-refractivity contribution in [1.29, 1.82) is 0 Å². The van der Waals surface area contributed by atoms with Crippen molar-refractivity contribution >= 4 is 28.5 Å². The molecule has 3 aromatic heterocycles. The zero-order chi connectivity index (χ0) is 17.4. The molecular weight excluding hydrogens is 343 g/mol. The molecule has 4 rings (SSSR count). The van der Waals surface area contributed by atoms with Gasteiger partial charge in [-0.25, -0.2) is 24.0 Å². The van der Waals surface area contributed by atoms with Crippen molar-refractivity contribution < 1.29 is 4.39 Å². The average Bonchev–Trinajstić information content (AvgIpc) is 2.98. The number of nitrogen functional groups attached to an aromatic ring is 1. The van der Waals surface area contributed by atoms with Crippen LogP contribution < -0.4 is 5.73 Å². The van der Waals surface area contributed by atoms with Crippen molar-refractivity contribution in [1.82, 2.24) is 24.7 Å². The molecule has 8 heteroatoms. The third kappa shape index (κ3) is 2.78. The van der Waals surface area contributed by atoms with Gasteiger partial charge < -0.3 is 5.73 Å². The number of pyridine rings is 1. The van der Waals surface area contributed by atoms with E-state index in [9.17, 15) is 4.39 Å². The van der Waals surface area contributed by atoms with E-state index in [1.54, 1.807) is 35.1 Å². The number of halogens is 2. The molecule has 25 heavy (non-hydrogen) atoms. The summed E-state index contributed by atoms with van der Waals surface area (Å²) in [5.41, 5.74) is 7.93. The van der Waals surface area contributed by atoms with Gasteiger partial charge in [0.05, 0.1) is 12.7 Å². The molecule has 0 bridgehead atoms.